The SMILES string of the molecule is CCN(CC)C(=O)c1cccc(NC(=O)[C@@H](NC(=O)Cc2ccccc2)C(C)C)c1. The molecule has 2 N–H and O–H groups in total. The van der Waals surface area contributed by atoms with Gasteiger partial charge in [-0.05, 0) is 43.5 Å². The summed E-state index contributed by atoms with van der Waals surface area (Å²) in [7, 11) is 0. The smallest absolute Gasteiger partial charge is 0.253 e. The summed E-state index contributed by atoms with van der Waals surface area (Å²) in [6, 6.07) is 15.6. The van der Waals surface area contributed by atoms with E-state index in [1.165, 1.54) is 0 Å². The molecule has 0 saturated carbocycles. The normalized spacial score (nSPS) is 11.6. The summed E-state index contributed by atoms with van der Waals surface area (Å²) >= 11 is 0. The molecule has 2 aromatic rings. The van der Waals surface area contributed by atoms with Gasteiger partial charge in [-0.1, -0.05) is 50.2 Å². The minimum absolute atomic E-state index is 0.0762. The third-order valence-corrected chi connectivity index (χ3v) is 4.90. The van der Waals surface area contributed by atoms with Gasteiger partial charge in [0, 0.05) is 24.3 Å². The van der Waals surface area contributed by atoms with Crippen LogP contribution in [0.3, 0.4) is 0 Å². The first-order chi connectivity index (χ1) is 14.3. The molecule has 0 radical (unpaired) electrons. The van der Waals surface area contributed by atoms with Crippen molar-refractivity contribution < 1.29 is 14.4 Å². The summed E-state index contributed by atoms with van der Waals surface area (Å²) in [6.07, 6.45) is 0.213. The number of carbonyl (C=O) groups excluding carboxylic acids is 3. The van der Waals surface area contributed by atoms with Gasteiger partial charge in [0.1, 0.15) is 6.04 Å². The lowest BCUT2D eigenvalue weighted by atomic mass is 10.0. The number of nitrogens with zero attached hydrogens (tertiary/aromatic N) is 1. The van der Waals surface area contributed by atoms with Crippen LogP contribution in [0.2, 0.25) is 0 Å². The molecular formula is C24H31N3O3. The van der Waals surface area contributed by atoms with Gasteiger partial charge in [-0.3, -0.25) is 14.4 Å². The van der Waals surface area contributed by atoms with Gasteiger partial charge in [-0.15, -0.1) is 0 Å². The number of amides is 3. The molecular weight excluding hydrogens is 378 g/mol. The molecule has 3 amide bonds. The van der Waals surface area contributed by atoms with E-state index in [9.17, 15) is 14.4 Å². The largest absolute Gasteiger partial charge is 0.344 e. The second kappa shape index (κ2) is 11.1. The minimum Gasteiger partial charge on any atom is -0.344 e. The van der Waals surface area contributed by atoms with E-state index < -0.39 is 6.04 Å². The first-order valence-corrected chi connectivity index (χ1v) is 10.4. The lowest BCUT2D eigenvalue weighted by Crippen LogP contribution is -2.47. The lowest BCUT2D eigenvalue weighted by molar-refractivity contribution is -0.127. The number of benzene rings is 2. The molecule has 0 aliphatic rings. The third-order valence-electron chi connectivity index (χ3n) is 4.90. The van der Waals surface area contributed by atoms with Crippen LogP contribution < -0.4 is 10.6 Å². The van der Waals surface area contributed by atoms with Crippen molar-refractivity contribution >= 4 is 23.4 Å². The third kappa shape index (κ3) is 6.44. The summed E-state index contributed by atoms with van der Waals surface area (Å²) in [4.78, 5) is 39.6. The second-order valence-electron chi connectivity index (χ2n) is 7.50. The molecule has 0 saturated heterocycles. The zero-order chi connectivity index (χ0) is 22.1. The monoisotopic (exact) mass is 409 g/mol. The molecule has 0 aliphatic heterocycles. The quantitative estimate of drug-likeness (QED) is 0.665. The molecule has 160 valence electrons. The molecule has 2 aromatic carbocycles. The zero-order valence-corrected chi connectivity index (χ0v) is 18.1. The average molecular weight is 410 g/mol. The van der Waals surface area contributed by atoms with Crippen molar-refractivity contribution in [3.63, 3.8) is 0 Å². The van der Waals surface area contributed by atoms with Crippen molar-refractivity contribution in [2.75, 3.05) is 18.4 Å². The van der Waals surface area contributed by atoms with Crippen LogP contribution in [-0.4, -0.2) is 41.8 Å². The Hall–Kier alpha value is -3.15. The Balaban J connectivity index is 2.07. The van der Waals surface area contributed by atoms with Gasteiger partial charge in [0.25, 0.3) is 5.91 Å². The predicted octanol–water partition coefficient (Wildman–Crippen LogP) is 3.49. The van der Waals surface area contributed by atoms with Crippen LogP contribution in [-0.2, 0) is 16.0 Å². The summed E-state index contributed by atoms with van der Waals surface area (Å²) in [5.74, 6) is -0.683. The van der Waals surface area contributed by atoms with Crippen molar-refractivity contribution in [1.29, 1.82) is 0 Å². The van der Waals surface area contributed by atoms with Crippen LogP contribution >= 0.6 is 0 Å². The molecule has 0 bridgehead atoms. The Morgan fingerprint density at radius 3 is 2.20 bits per heavy atom. The highest BCUT2D eigenvalue weighted by Gasteiger charge is 2.24. The van der Waals surface area contributed by atoms with Crippen molar-refractivity contribution in [3.8, 4) is 0 Å². The van der Waals surface area contributed by atoms with E-state index in [4.69, 9.17) is 0 Å². The molecule has 6 nitrogen and oxygen atoms in total. The van der Waals surface area contributed by atoms with E-state index in [-0.39, 0.29) is 30.1 Å². The van der Waals surface area contributed by atoms with E-state index in [2.05, 4.69) is 10.6 Å². The Morgan fingerprint density at radius 1 is 0.933 bits per heavy atom. The van der Waals surface area contributed by atoms with Crippen LogP contribution in [0.4, 0.5) is 5.69 Å². The number of rotatable bonds is 9. The molecule has 30 heavy (non-hydrogen) atoms. The molecule has 0 aliphatic carbocycles. The summed E-state index contributed by atoms with van der Waals surface area (Å²) in [6.45, 7) is 8.86. The average Bonchev–Trinajstić information content (AvgIpc) is 2.73. The van der Waals surface area contributed by atoms with E-state index >= 15 is 0 Å². The van der Waals surface area contributed by atoms with Crippen LogP contribution in [0.15, 0.2) is 54.6 Å². The maximum atomic E-state index is 12.8. The van der Waals surface area contributed by atoms with Crippen molar-refractivity contribution in [2.45, 2.75) is 40.2 Å². The fourth-order valence-electron chi connectivity index (χ4n) is 3.18. The van der Waals surface area contributed by atoms with Crippen LogP contribution in [0, 0.1) is 5.92 Å². The maximum absolute atomic E-state index is 12.8. The van der Waals surface area contributed by atoms with Crippen molar-refractivity contribution in [2.24, 2.45) is 5.92 Å². The fraction of sp³-hybridized carbons (Fsp3) is 0.375. The van der Waals surface area contributed by atoms with Crippen LogP contribution in [0.25, 0.3) is 0 Å². The second-order valence-corrected chi connectivity index (χ2v) is 7.50. The topological polar surface area (TPSA) is 78.5 Å². The number of nitrogens with one attached hydrogen (secondary N) is 2. The molecule has 1 atom stereocenters. The molecule has 0 fully saturated rings. The molecule has 0 unspecified atom stereocenters. The standard InChI is InChI=1S/C24H31N3O3/c1-5-27(6-2)24(30)19-13-10-14-20(16-19)25-23(29)22(17(3)4)26-21(28)15-18-11-8-7-9-12-18/h7-14,16-17,22H,5-6,15H2,1-4H3,(H,25,29)(H,26,28)/t22-/m0/s1. The molecule has 0 spiro atoms. The number of hydrogen-bond acceptors (Lipinski definition) is 3. The highest BCUT2D eigenvalue weighted by atomic mass is 16.2. The molecule has 2 rings (SSSR count). The summed E-state index contributed by atoms with van der Waals surface area (Å²) < 4.78 is 0. The zero-order valence-electron chi connectivity index (χ0n) is 18.1. The van der Waals surface area contributed by atoms with Gasteiger partial charge < -0.3 is 15.5 Å². The van der Waals surface area contributed by atoms with Gasteiger partial charge in [-0.2, -0.15) is 0 Å². The molecule has 0 aromatic heterocycles. The van der Waals surface area contributed by atoms with E-state index in [1.54, 1.807) is 29.2 Å². The minimum atomic E-state index is -0.677. The predicted molar refractivity (Wildman–Crippen MR) is 119 cm³/mol. The van der Waals surface area contributed by atoms with E-state index in [0.29, 0.717) is 24.3 Å². The summed E-state index contributed by atoms with van der Waals surface area (Å²) in [5.41, 5.74) is 1.94. The van der Waals surface area contributed by atoms with Gasteiger partial charge in [0.05, 0.1) is 6.42 Å². The lowest BCUT2D eigenvalue weighted by Gasteiger charge is -2.22. The van der Waals surface area contributed by atoms with E-state index in [1.807, 2.05) is 58.0 Å². The van der Waals surface area contributed by atoms with Gasteiger partial charge in [0.2, 0.25) is 11.8 Å². The fourth-order valence-corrected chi connectivity index (χ4v) is 3.18. The summed E-state index contributed by atoms with van der Waals surface area (Å²) in [5, 5.41) is 5.67. The van der Waals surface area contributed by atoms with Crippen LogP contribution in [0.1, 0.15) is 43.6 Å². The number of hydrogen-bond donors (Lipinski definition) is 2. The number of carbonyl (C=O) groups is 3. The highest BCUT2D eigenvalue weighted by Crippen LogP contribution is 2.15. The van der Waals surface area contributed by atoms with E-state index in [0.717, 1.165) is 5.56 Å². The Morgan fingerprint density at radius 2 is 1.60 bits per heavy atom. The molecule has 0 heterocycles. The highest BCUT2D eigenvalue weighted by molar-refractivity contribution is 6.00. The Labute approximate surface area is 178 Å². The first kappa shape index (κ1) is 23.1. The molecule has 6 heteroatoms. The van der Waals surface area contributed by atoms with Gasteiger partial charge in [0.15, 0.2) is 0 Å². The van der Waals surface area contributed by atoms with Gasteiger partial charge in [-0.25, -0.2) is 0 Å². The Kier molecular flexibility index (Phi) is 8.59. The maximum Gasteiger partial charge on any atom is 0.253 e. The number of anilines is 1. The van der Waals surface area contributed by atoms with Crippen LogP contribution in [0.5, 0.6) is 0 Å². The Bertz CT molecular complexity index is 861. The first-order valence-electron chi connectivity index (χ1n) is 10.4. The van der Waals surface area contributed by atoms with Crippen molar-refractivity contribution in [1.82, 2.24) is 10.2 Å². The van der Waals surface area contributed by atoms with Gasteiger partial charge >= 0.3 is 0 Å². The van der Waals surface area contributed by atoms with Crippen molar-refractivity contribution in [3.05, 3.63) is 65.7 Å².